The summed E-state index contributed by atoms with van der Waals surface area (Å²) in [4.78, 5) is 28.7. The monoisotopic (exact) mass is 406 g/mol. The minimum absolute atomic E-state index is 0.0412. The van der Waals surface area contributed by atoms with Crippen LogP contribution in [0.5, 0.6) is 5.75 Å². The lowest BCUT2D eigenvalue weighted by Crippen LogP contribution is -2.54. The molecule has 154 valence electrons. The molecule has 2 unspecified atom stereocenters. The van der Waals surface area contributed by atoms with Gasteiger partial charge in [0.15, 0.2) is 6.10 Å². The summed E-state index contributed by atoms with van der Waals surface area (Å²) in [6.45, 7) is 7.77. The summed E-state index contributed by atoms with van der Waals surface area (Å²) < 4.78 is 6.08. The Balaban J connectivity index is 2.12. The lowest BCUT2D eigenvalue weighted by molar-refractivity contribution is -0.149. The van der Waals surface area contributed by atoms with E-state index in [0.29, 0.717) is 22.8 Å². The molecule has 1 heterocycles. The fourth-order valence-corrected chi connectivity index (χ4v) is 4.38. The number of halogens is 1. The van der Waals surface area contributed by atoms with Gasteiger partial charge < -0.3 is 15.0 Å². The molecular weight excluding hydrogens is 376 g/mol. The first-order chi connectivity index (χ1) is 13.2. The number of fused-ring (bicyclic) bond motifs is 1. The van der Waals surface area contributed by atoms with Crippen LogP contribution in [0.4, 0.5) is 0 Å². The molecule has 1 N–H and O–H groups in total. The van der Waals surface area contributed by atoms with E-state index in [0.717, 1.165) is 25.7 Å². The van der Waals surface area contributed by atoms with Crippen LogP contribution in [0.1, 0.15) is 77.8 Å². The van der Waals surface area contributed by atoms with Crippen molar-refractivity contribution in [3.8, 4) is 5.75 Å². The van der Waals surface area contributed by atoms with Gasteiger partial charge in [-0.25, -0.2) is 0 Å². The van der Waals surface area contributed by atoms with Gasteiger partial charge in [0.1, 0.15) is 11.8 Å². The van der Waals surface area contributed by atoms with Crippen molar-refractivity contribution in [2.24, 2.45) is 0 Å². The Labute approximate surface area is 172 Å². The van der Waals surface area contributed by atoms with Crippen LogP contribution in [-0.4, -0.2) is 34.4 Å². The number of hydrogen-bond donors (Lipinski definition) is 1. The first-order valence-corrected chi connectivity index (χ1v) is 10.7. The van der Waals surface area contributed by atoms with Gasteiger partial charge in [-0.15, -0.1) is 0 Å². The molecule has 1 aromatic rings. The summed E-state index contributed by atoms with van der Waals surface area (Å²) >= 11 is 6.28. The fraction of sp³-hybridized carbons (Fsp3) is 0.636. The van der Waals surface area contributed by atoms with E-state index in [1.807, 2.05) is 27.7 Å². The predicted molar refractivity (Wildman–Crippen MR) is 111 cm³/mol. The molecule has 2 amide bonds. The first-order valence-electron chi connectivity index (χ1n) is 10.3. The quantitative estimate of drug-likeness (QED) is 0.796. The normalized spacial score (nSPS) is 23.6. The lowest BCUT2D eigenvalue weighted by Gasteiger charge is -2.40. The molecule has 2 atom stereocenters. The summed E-state index contributed by atoms with van der Waals surface area (Å²) in [6.07, 6.45) is 5.11. The van der Waals surface area contributed by atoms with Gasteiger partial charge >= 0.3 is 0 Å². The molecule has 3 rings (SSSR count). The third kappa shape index (κ3) is 4.45. The SMILES string of the molecule is CCC1Oc2ccc(Cl)cc2C(C(=O)NC(C)(C)C)N(C2CCCCC2)C1=O. The van der Waals surface area contributed by atoms with E-state index in [2.05, 4.69) is 5.32 Å². The fourth-order valence-electron chi connectivity index (χ4n) is 4.20. The van der Waals surface area contributed by atoms with Crippen LogP contribution in [-0.2, 0) is 9.59 Å². The average Bonchev–Trinajstić information content (AvgIpc) is 2.75. The van der Waals surface area contributed by atoms with E-state index in [1.165, 1.54) is 6.42 Å². The van der Waals surface area contributed by atoms with E-state index in [1.54, 1.807) is 23.1 Å². The van der Waals surface area contributed by atoms with Gasteiger partial charge in [0.2, 0.25) is 5.91 Å². The molecule has 1 saturated carbocycles. The summed E-state index contributed by atoms with van der Waals surface area (Å²) in [7, 11) is 0. The number of hydrogen-bond acceptors (Lipinski definition) is 3. The van der Waals surface area contributed by atoms with Crippen LogP contribution in [0, 0.1) is 0 Å². The van der Waals surface area contributed by atoms with E-state index < -0.39 is 17.7 Å². The Kier molecular flexibility index (Phi) is 6.23. The molecule has 28 heavy (non-hydrogen) atoms. The van der Waals surface area contributed by atoms with Crippen molar-refractivity contribution < 1.29 is 14.3 Å². The molecule has 1 aromatic carbocycles. The number of benzene rings is 1. The van der Waals surface area contributed by atoms with Crippen molar-refractivity contribution in [1.29, 1.82) is 0 Å². The smallest absolute Gasteiger partial charge is 0.264 e. The lowest BCUT2D eigenvalue weighted by atomic mass is 9.90. The Morgan fingerprint density at radius 3 is 2.54 bits per heavy atom. The van der Waals surface area contributed by atoms with E-state index >= 15 is 0 Å². The third-order valence-electron chi connectivity index (χ3n) is 5.43. The number of nitrogens with one attached hydrogen (secondary N) is 1. The zero-order valence-electron chi connectivity index (χ0n) is 17.3. The maximum absolute atomic E-state index is 13.5. The summed E-state index contributed by atoms with van der Waals surface area (Å²) in [6, 6.07) is 4.59. The summed E-state index contributed by atoms with van der Waals surface area (Å²) in [5.74, 6) is 0.281. The molecular formula is C22H31ClN2O3. The summed E-state index contributed by atoms with van der Waals surface area (Å²) in [5, 5.41) is 3.60. The topological polar surface area (TPSA) is 58.6 Å². The molecule has 0 radical (unpaired) electrons. The maximum atomic E-state index is 13.5. The number of ether oxygens (including phenoxy) is 1. The van der Waals surface area contributed by atoms with Crippen molar-refractivity contribution in [2.45, 2.75) is 89.9 Å². The van der Waals surface area contributed by atoms with Gasteiger partial charge in [0.25, 0.3) is 5.91 Å². The van der Waals surface area contributed by atoms with Crippen molar-refractivity contribution >= 4 is 23.4 Å². The standard InChI is InChI=1S/C22H31ClN2O3/c1-5-17-21(27)25(15-9-7-6-8-10-15)19(20(26)24-22(2,3)4)16-13-14(23)11-12-18(16)28-17/h11-13,15,17,19H,5-10H2,1-4H3,(H,24,26). The Bertz CT molecular complexity index is 738. The molecule has 0 aromatic heterocycles. The molecule has 0 saturated heterocycles. The van der Waals surface area contributed by atoms with Crippen LogP contribution in [0.25, 0.3) is 0 Å². The van der Waals surface area contributed by atoms with Gasteiger partial charge in [0.05, 0.1) is 0 Å². The Hall–Kier alpha value is -1.75. The highest BCUT2D eigenvalue weighted by molar-refractivity contribution is 6.30. The zero-order valence-corrected chi connectivity index (χ0v) is 18.0. The second kappa shape index (κ2) is 8.32. The highest BCUT2D eigenvalue weighted by atomic mass is 35.5. The highest BCUT2D eigenvalue weighted by Crippen LogP contribution is 2.40. The van der Waals surface area contributed by atoms with Gasteiger partial charge in [0, 0.05) is 22.2 Å². The van der Waals surface area contributed by atoms with Crippen LogP contribution < -0.4 is 10.1 Å². The first kappa shape index (κ1) is 21.0. The van der Waals surface area contributed by atoms with Crippen LogP contribution >= 0.6 is 11.6 Å². The average molecular weight is 407 g/mol. The van der Waals surface area contributed by atoms with E-state index in [4.69, 9.17) is 16.3 Å². The second-order valence-corrected chi connectivity index (χ2v) is 9.31. The molecule has 6 heteroatoms. The van der Waals surface area contributed by atoms with E-state index in [9.17, 15) is 9.59 Å². The molecule has 0 bridgehead atoms. The van der Waals surface area contributed by atoms with Crippen molar-refractivity contribution in [1.82, 2.24) is 10.2 Å². The van der Waals surface area contributed by atoms with Crippen LogP contribution in [0.2, 0.25) is 5.02 Å². The highest BCUT2D eigenvalue weighted by Gasteiger charge is 2.44. The number of nitrogens with zero attached hydrogens (tertiary/aromatic N) is 1. The van der Waals surface area contributed by atoms with Crippen molar-refractivity contribution in [2.75, 3.05) is 0 Å². The maximum Gasteiger partial charge on any atom is 0.264 e. The van der Waals surface area contributed by atoms with E-state index in [-0.39, 0.29) is 17.9 Å². The number of rotatable bonds is 3. The molecule has 5 nitrogen and oxygen atoms in total. The molecule has 1 aliphatic heterocycles. The van der Waals surface area contributed by atoms with Crippen LogP contribution in [0.3, 0.4) is 0 Å². The van der Waals surface area contributed by atoms with Gasteiger partial charge in [-0.2, -0.15) is 0 Å². The van der Waals surface area contributed by atoms with Crippen LogP contribution in [0.15, 0.2) is 18.2 Å². The van der Waals surface area contributed by atoms with Gasteiger partial charge in [-0.3, -0.25) is 9.59 Å². The molecule has 1 aliphatic carbocycles. The molecule has 0 spiro atoms. The minimum Gasteiger partial charge on any atom is -0.480 e. The Morgan fingerprint density at radius 1 is 1.25 bits per heavy atom. The number of carbonyl (C=O) groups is 2. The Morgan fingerprint density at radius 2 is 1.93 bits per heavy atom. The third-order valence-corrected chi connectivity index (χ3v) is 5.66. The van der Waals surface area contributed by atoms with Crippen molar-refractivity contribution in [3.63, 3.8) is 0 Å². The number of carbonyl (C=O) groups excluding carboxylic acids is 2. The molecule has 2 aliphatic rings. The minimum atomic E-state index is -0.736. The van der Waals surface area contributed by atoms with Crippen molar-refractivity contribution in [3.05, 3.63) is 28.8 Å². The zero-order chi connectivity index (χ0) is 20.5. The van der Waals surface area contributed by atoms with Gasteiger partial charge in [-0.1, -0.05) is 37.8 Å². The predicted octanol–water partition coefficient (Wildman–Crippen LogP) is 4.63. The number of amides is 2. The molecule has 1 fully saturated rings. The largest absolute Gasteiger partial charge is 0.480 e. The van der Waals surface area contributed by atoms with Gasteiger partial charge in [-0.05, 0) is 58.2 Å². The summed E-state index contributed by atoms with van der Waals surface area (Å²) in [5.41, 5.74) is 0.262. The second-order valence-electron chi connectivity index (χ2n) is 8.88.